The fourth-order valence-corrected chi connectivity index (χ4v) is 5.57. The number of nitrogens with one attached hydrogen (secondary N) is 2. The van der Waals surface area contributed by atoms with Crippen molar-refractivity contribution in [2.75, 3.05) is 33.9 Å². The van der Waals surface area contributed by atoms with E-state index in [0.29, 0.717) is 12.6 Å². The molecule has 4 amide bonds. The summed E-state index contributed by atoms with van der Waals surface area (Å²) >= 11 is 0. The van der Waals surface area contributed by atoms with Gasteiger partial charge in [-0.25, -0.2) is 28.1 Å². The molecule has 9 nitrogen and oxygen atoms in total. The maximum absolute atomic E-state index is 14.2. The smallest absolute Gasteiger partial charge is 0.338 e. The second-order valence-corrected chi connectivity index (χ2v) is 10.0. The highest BCUT2D eigenvalue weighted by Crippen LogP contribution is 2.36. The molecule has 4 rings (SSSR count). The number of likely N-dealkylation sites (tertiary alicyclic amines) is 1. The van der Waals surface area contributed by atoms with Gasteiger partial charge in [0.1, 0.15) is 6.04 Å². The predicted octanol–water partition coefficient (Wildman–Crippen LogP) is 3.47. The van der Waals surface area contributed by atoms with Crippen LogP contribution in [0.25, 0.3) is 0 Å². The topological polar surface area (TPSA) is 100 Å². The number of nitrogens with zero attached hydrogens (tertiary/aromatic N) is 2. The summed E-state index contributed by atoms with van der Waals surface area (Å²) in [7, 11) is 2.53. The van der Waals surface area contributed by atoms with Crippen LogP contribution in [0.4, 0.5) is 18.4 Å². The minimum Gasteiger partial charge on any atom is -0.466 e. The number of imide groups is 1. The maximum Gasteiger partial charge on any atom is 0.338 e. The third-order valence-electron chi connectivity index (χ3n) is 7.55. The largest absolute Gasteiger partial charge is 0.466 e. The number of carbonyl (C=O) groups is 3. The van der Waals surface area contributed by atoms with Crippen LogP contribution in [-0.4, -0.2) is 73.8 Å². The van der Waals surface area contributed by atoms with Gasteiger partial charge in [-0.15, -0.1) is 0 Å². The van der Waals surface area contributed by atoms with E-state index in [-0.39, 0.29) is 29.5 Å². The molecule has 11 heteroatoms. The quantitative estimate of drug-likeness (QED) is 0.558. The van der Waals surface area contributed by atoms with Gasteiger partial charge in [0.25, 0.3) is 0 Å². The van der Waals surface area contributed by atoms with Gasteiger partial charge in [-0.1, -0.05) is 13.0 Å². The number of methoxy groups -OCH3 is 2. The van der Waals surface area contributed by atoms with Crippen molar-refractivity contribution in [3.05, 3.63) is 46.7 Å². The summed E-state index contributed by atoms with van der Waals surface area (Å²) in [6, 6.07) is 0.367. The zero-order valence-corrected chi connectivity index (χ0v) is 21.4. The highest BCUT2D eigenvalue weighted by molar-refractivity contribution is 6.01. The first-order valence-corrected chi connectivity index (χ1v) is 12.6. The molecule has 202 valence electrons. The summed E-state index contributed by atoms with van der Waals surface area (Å²) < 4.78 is 38.0. The minimum absolute atomic E-state index is 0.0438. The van der Waals surface area contributed by atoms with Gasteiger partial charge in [-0.2, -0.15) is 0 Å². The van der Waals surface area contributed by atoms with Crippen LogP contribution in [0.2, 0.25) is 0 Å². The Morgan fingerprint density at radius 3 is 2.49 bits per heavy atom. The average molecular weight is 521 g/mol. The van der Waals surface area contributed by atoms with Gasteiger partial charge >= 0.3 is 18.0 Å². The molecule has 1 saturated heterocycles. The predicted molar refractivity (Wildman–Crippen MR) is 130 cm³/mol. The maximum atomic E-state index is 14.2. The Labute approximate surface area is 215 Å². The van der Waals surface area contributed by atoms with Crippen LogP contribution in [0.3, 0.4) is 0 Å². The van der Waals surface area contributed by atoms with E-state index in [0.717, 1.165) is 55.9 Å². The molecule has 2 fully saturated rings. The van der Waals surface area contributed by atoms with E-state index in [1.165, 1.54) is 26.0 Å². The highest BCUT2D eigenvalue weighted by Gasteiger charge is 2.44. The van der Waals surface area contributed by atoms with Crippen LogP contribution in [0.5, 0.6) is 0 Å². The van der Waals surface area contributed by atoms with Gasteiger partial charge in [0.05, 0.1) is 25.0 Å². The third kappa shape index (κ3) is 5.77. The van der Waals surface area contributed by atoms with Gasteiger partial charge < -0.3 is 20.1 Å². The number of hydrogen-bond acceptors (Lipinski definition) is 6. The molecule has 2 aliphatic heterocycles. The number of ether oxygens (including phenoxy) is 2. The van der Waals surface area contributed by atoms with Crippen LogP contribution >= 0.6 is 0 Å². The molecule has 2 atom stereocenters. The number of hydrogen-bond donors (Lipinski definition) is 2. The minimum atomic E-state index is -1.35. The lowest BCUT2D eigenvalue weighted by atomic mass is 9.87. The first-order valence-electron chi connectivity index (χ1n) is 12.6. The van der Waals surface area contributed by atoms with E-state index in [9.17, 15) is 23.2 Å². The van der Waals surface area contributed by atoms with Crippen molar-refractivity contribution in [1.29, 1.82) is 0 Å². The molecule has 0 spiro atoms. The number of rotatable bonds is 6. The first-order chi connectivity index (χ1) is 17.7. The summed E-state index contributed by atoms with van der Waals surface area (Å²) in [5, 5.41) is 5.45. The van der Waals surface area contributed by atoms with Crippen molar-refractivity contribution in [3.8, 4) is 0 Å². The van der Waals surface area contributed by atoms with Gasteiger partial charge in [-0.3, -0.25) is 4.90 Å². The van der Waals surface area contributed by atoms with Gasteiger partial charge in [0.2, 0.25) is 0 Å². The molecule has 2 unspecified atom stereocenters. The summed E-state index contributed by atoms with van der Waals surface area (Å²) in [6.45, 7) is 3.60. The standard InChI is InChI=1S/C26H34F2N4O5/c1-15-4-7-18(8-5-15)31-11-10-17(13-31)29-25(34)32-23(16-6-9-19(27)20(28)12-16)22(24(33)37-3)21(14-36-2)30-26(32)35/h6,9,12,15,17-18,23H,4-5,7-8,10-11,13-14H2,1-3H3,(H,29,34)(H,30,35). The van der Waals surface area contributed by atoms with Crippen molar-refractivity contribution >= 4 is 18.0 Å². The number of esters is 1. The molecule has 0 bridgehead atoms. The fourth-order valence-electron chi connectivity index (χ4n) is 5.57. The van der Waals surface area contributed by atoms with Crippen LogP contribution in [0.1, 0.15) is 50.6 Å². The SMILES string of the molecule is COCC1=C(C(=O)OC)C(c2ccc(F)c(F)c2)N(C(=O)NC2CCN(C3CCC(C)CC3)C2)C(=O)N1. The first kappa shape index (κ1) is 27.0. The molecule has 0 aromatic heterocycles. The number of benzene rings is 1. The van der Waals surface area contributed by atoms with Crippen molar-refractivity contribution < 1.29 is 32.6 Å². The Morgan fingerprint density at radius 1 is 1.11 bits per heavy atom. The van der Waals surface area contributed by atoms with E-state index < -0.39 is 35.7 Å². The molecule has 1 aromatic carbocycles. The molecule has 1 aromatic rings. The third-order valence-corrected chi connectivity index (χ3v) is 7.55. The van der Waals surface area contributed by atoms with Crippen molar-refractivity contribution in [1.82, 2.24) is 20.4 Å². The Kier molecular flexibility index (Phi) is 8.43. The van der Waals surface area contributed by atoms with Crippen LogP contribution < -0.4 is 10.6 Å². The Balaban J connectivity index is 1.60. The number of urea groups is 2. The van der Waals surface area contributed by atoms with Gasteiger partial charge in [-0.05, 0) is 55.7 Å². The molecular weight excluding hydrogens is 486 g/mol. The normalized spacial score (nSPS) is 26.7. The molecule has 2 heterocycles. The van der Waals surface area contributed by atoms with Crippen molar-refractivity contribution in [2.45, 2.75) is 57.2 Å². The average Bonchev–Trinajstić information content (AvgIpc) is 3.33. The second-order valence-electron chi connectivity index (χ2n) is 10.0. The zero-order valence-electron chi connectivity index (χ0n) is 21.4. The Hall–Kier alpha value is -3.05. The molecule has 37 heavy (non-hydrogen) atoms. The summed E-state index contributed by atoms with van der Waals surface area (Å²) in [4.78, 5) is 42.7. The van der Waals surface area contributed by atoms with Gasteiger partial charge in [0.15, 0.2) is 11.6 Å². The highest BCUT2D eigenvalue weighted by atomic mass is 19.2. The number of halogens is 2. The van der Waals surface area contributed by atoms with Crippen LogP contribution in [0, 0.1) is 17.6 Å². The van der Waals surface area contributed by atoms with Crippen LogP contribution in [0.15, 0.2) is 29.5 Å². The molecule has 1 saturated carbocycles. The van der Waals surface area contributed by atoms with Crippen molar-refractivity contribution in [3.63, 3.8) is 0 Å². The van der Waals surface area contributed by atoms with E-state index in [1.54, 1.807) is 0 Å². The van der Waals surface area contributed by atoms with E-state index in [4.69, 9.17) is 9.47 Å². The van der Waals surface area contributed by atoms with Gasteiger partial charge in [0, 0.05) is 32.3 Å². The van der Waals surface area contributed by atoms with Crippen LogP contribution in [-0.2, 0) is 14.3 Å². The number of carbonyl (C=O) groups excluding carboxylic acids is 3. The molecule has 2 N–H and O–H groups in total. The zero-order chi connectivity index (χ0) is 26.7. The number of amides is 4. The summed E-state index contributed by atoms with van der Waals surface area (Å²) in [5.41, 5.74) is 0.0217. The molecule has 0 radical (unpaired) electrons. The summed E-state index contributed by atoms with van der Waals surface area (Å²) in [5.74, 6) is -2.36. The fraction of sp³-hybridized carbons (Fsp3) is 0.577. The Bertz CT molecular complexity index is 1070. The lowest BCUT2D eigenvalue weighted by molar-refractivity contribution is -0.137. The molecular formula is C26H34F2N4O5. The van der Waals surface area contributed by atoms with E-state index in [2.05, 4.69) is 22.5 Å². The Morgan fingerprint density at radius 2 is 1.84 bits per heavy atom. The van der Waals surface area contributed by atoms with Crippen molar-refractivity contribution in [2.24, 2.45) is 5.92 Å². The molecule has 1 aliphatic carbocycles. The summed E-state index contributed by atoms with van der Waals surface area (Å²) in [6.07, 6.45) is 5.36. The monoisotopic (exact) mass is 520 g/mol. The lowest BCUT2D eigenvalue weighted by Crippen LogP contribution is -2.56. The van der Waals surface area contributed by atoms with E-state index >= 15 is 0 Å². The molecule has 3 aliphatic rings. The van der Waals surface area contributed by atoms with E-state index in [1.807, 2.05) is 0 Å². The second kappa shape index (κ2) is 11.6. The lowest BCUT2D eigenvalue weighted by Gasteiger charge is -2.37.